The lowest BCUT2D eigenvalue weighted by atomic mass is 10.9. The summed E-state index contributed by atoms with van der Waals surface area (Å²) < 4.78 is 4.73. The Bertz CT molecular complexity index is 174. The summed E-state index contributed by atoms with van der Waals surface area (Å²) in [4.78, 5) is 6.33. The molecule has 0 unspecified atom stereocenters. The van der Waals surface area contributed by atoms with Crippen molar-refractivity contribution in [1.82, 2.24) is 9.97 Å². The third kappa shape index (κ3) is 0.924. The van der Waals surface area contributed by atoms with Gasteiger partial charge in [-0.2, -0.15) is 0 Å². The Hall–Kier alpha value is -0.700. The topological polar surface area (TPSA) is 37.9 Å². The van der Waals surface area contributed by atoms with E-state index >= 15 is 0 Å². The first kappa shape index (κ1) is 5.44. The van der Waals surface area contributed by atoms with Crippen LogP contribution in [0.15, 0.2) is 6.20 Å². The number of nitrogens with zero attached hydrogens (tertiary/aromatic N) is 1. The lowest BCUT2D eigenvalue weighted by molar-refractivity contribution is 0.400. The maximum Gasteiger partial charge on any atom is 0.211 e. The molecule has 0 spiro atoms. The van der Waals surface area contributed by atoms with Gasteiger partial charge in [0.2, 0.25) is 11.2 Å². The molecule has 4 heteroatoms. The zero-order chi connectivity index (χ0) is 5.98. The molecule has 1 heterocycles. The van der Waals surface area contributed by atoms with Crippen LogP contribution in [0.25, 0.3) is 0 Å². The van der Waals surface area contributed by atoms with Crippen LogP contribution in [0.3, 0.4) is 0 Å². The zero-order valence-corrected chi connectivity index (χ0v) is 5.07. The van der Waals surface area contributed by atoms with Crippen LogP contribution < -0.4 is 4.74 Å². The molecule has 0 aliphatic carbocycles. The van der Waals surface area contributed by atoms with Crippen LogP contribution in [0.4, 0.5) is 0 Å². The third-order valence-electron chi connectivity index (χ3n) is 0.741. The van der Waals surface area contributed by atoms with E-state index in [0.29, 0.717) is 11.2 Å². The lowest BCUT2D eigenvalue weighted by Gasteiger charge is -1.87. The normalized spacial score (nSPS) is 9.25. The predicted molar refractivity (Wildman–Crippen MR) is 30.1 cm³/mol. The van der Waals surface area contributed by atoms with E-state index in [1.54, 1.807) is 7.11 Å². The standard InChI is InChI=1S/C4H5ClN2O/c1-8-3-2-6-4(5)7-3/h2H,1H3,(H,6,7). The summed E-state index contributed by atoms with van der Waals surface area (Å²) in [6, 6.07) is 0. The van der Waals surface area contributed by atoms with Crippen molar-refractivity contribution >= 4 is 11.6 Å². The van der Waals surface area contributed by atoms with Gasteiger partial charge in [0.1, 0.15) is 0 Å². The first-order chi connectivity index (χ1) is 3.83. The highest BCUT2D eigenvalue weighted by molar-refractivity contribution is 6.28. The number of methoxy groups -OCH3 is 1. The van der Waals surface area contributed by atoms with Crippen LogP contribution >= 0.6 is 11.6 Å². The summed E-state index contributed by atoms with van der Waals surface area (Å²) in [5.74, 6) is 0.579. The Morgan fingerprint density at radius 3 is 2.88 bits per heavy atom. The highest BCUT2D eigenvalue weighted by atomic mass is 35.5. The van der Waals surface area contributed by atoms with Crippen molar-refractivity contribution in [2.45, 2.75) is 0 Å². The average Bonchev–Trinajstić information content (AvgIpc) is 2.14. The van der Waals surface area contributed by atoms with Crippen molar-refractivity contribution in [3.05, 3.63) is 11.5 Å². The Morgan fingerprint density at radius 2 is 2.62 bits per heavy atom. The number of imidazole rings is 1. The van der Waals surface area contributed by atoms with Gasteiger partial charge in [0.25, 0.3) is 0 Å². The number of aromatic nitrogens is 2. The molecule has 0 saturated carbocycles. The van der Waals surface area contributed by atoms with Gasteiger partial charge < -0.3 is 4.74 Å². The molecule has 0 amide bonds. The molecule has 1 aromatic rings. The first-order valence-electron chi connectivity index (χ1n) is 2.07. The molecular formula is C4H5ClN2O. The van der Waals surface area contributed by atoms with Crippen molar-refractivity contribution in [2.75, 3.05) is 7.11 Å². The molecule has 0 fully saturated rings. The van der Waals surface area contributed by atoms with E-state index in [2.05, 4.69) is 9.97 Å². The molecule has 0 atom stereocenters. The number of nitrogens with one attached hydrogen (secondary N) is 1. The minimum atomic E-state index is 0.349. The summed E-state index contributed by atoms with van der Waals surface area (Å²) >= 11 is 5.39. The fourth-order valence-electron chi connectivity index (χ4n) is 0.385. The molecule has 0 radical (unpaired) electrons. The lowest BCUT2D eigenvalue weighted by Crippen LogP contribution is -1.79. The highest BCUT2D eigenvalue weighted by Gasteiger charge is 1.92. The summed E-state index contributed by atoms with van der Waals surface area (Å²) in [5, 5.41) is 0.349. The van der Waals surface area contributed by atoms with Crippen LogP contribution in [-0.2, 0) is 0 Å². The highest BCUT2D eigenvalue weighted by Crippen LogP contribution is 2.07. The third-order valence-corrected chi connectivity index (χ3v) is 0.933. The van der Waals surface area contributed by atoms with Crippen LogP contribution in [0, 0.1) is 0 Å². The van der Waals surface area contributed by atoms with E-state index < -0.39 is 0 Å². The maximum atomic E-state index is 5.39. The number of halogens is 1. The number of H-pyrrole nitrogens is 1. The molecule has 3 nitrogen and oxygen atoms in total. The Labute approximate surface area is 51.6 Å². The summed E-state index contributed by atoms with van der Waals surface area (Å²) in [6.45, 7) is 0. The predicted octanol–water partition coefficient (Wildman–Crippen LogP) is 1.07. The zero-order valence-electron chi connectivity index (χ0n) is 4.31. The van der Waals surface area contributed by atoms with E-state index in [1.165, 1.54) is 6.20 Å². The molecule has 44 valence electrons. The quantitative estimate of drug-likeness (QED) is 0.621. The number of aromatic amines is 1. The second-order valence-electron chi connectivity index (χ2n) is 1.24. The molecule has 0 aliphatic heterocycles. The minimum absolute atomic E-state index is 0.349. The van der Waals surface area contributed by atoms with Crippen LogP contribution in [0.5, 0.6) is 5.88 Å². The van der Waals surface area contributed by atoms with Gasteiger partial charge in [-0.25, -0.2) is 4.98 Å². The molecule has 1 N–H and O–H groups in total. The van der Waals surface area contributed by atoms with Crippen LogP contribution in [0.1, 0.15) is 0 Å². The molecule has 0 saturated heterocycles. The monoisotopic (exact) mass is 132 g/mol. The first-order valence-corrected chi connectivity index (χ1v) is 2.45. The van der Waals surface area contributed by atoms with E-state index in [4.69, 9.17) is 16.3 Å². The molecule has 1 rings (SSSR count). The number of hydrogen-bond donors (Lipinski definition) is 1. The van der Waals surface area contributed by atoms with Gasteiger partial charge in [-0.3, -0.25) is 4.98 Å². The van der Waals surface area contributed by atoms with Gasteiger partial charge in [-0.05, 0) is 11.6 Å². The fraction of sp³-hybridized carbons (Fsp3) is 0.250. The SMILES string of the molecule is COc1cnc(Cl)[nH]1. The van der Waals surface area contributed by atoms with E-state index in [0.717, 1.165) is 0 Å². The van der Waals surface area contributed by atoms with Crippen molar-refractivity contribution < 1.29 is 4.74 Å². The van der Waals surface area contributed by atoms with E-state index in [9.17, 15) is 0 Å². The maximum absolute atomic E-state index is 5.39. The number of ether oxygens (including phenoxy) is 1. The summed E-state index contributed by atoms with van der Waals surface area (Å²) in [6.07, 6.45) is 1.52. The van der Waals surface area contributed by atoms with Gasteiger partial charge >= 0.3 is 0 Å². The molecular weight excluding hydrogens is 128 g/mol. The second kappa shape index (κ2) is 2.05. The van der Waals surface area contributed by atoms with Crippen molar-refractivity contribution in [3.63, 3.8) is 0 Å². The van der Waals surface area contributed by atoms with Crippen molar-refractivity contribution in [3.8, 4) is 5.88 Å². The summed E-state index contributed by atoms with van der Waals surface area (Å²) in [7, 11) is 1.55. The summed E-state index contributed by atoms with van der Waals surface area (Å²) in [5.41, 5.74) is 0. The Kier molecular flexibility index (Phi) is 1.39. The fourth-order valence-corrected chi connectivity index (χ4v) is 0.527. The van der Waals surface area contributed by atoms with Crippen molar-refractivity contribution in [2.24, 2.45) is 0 Å². The van der Waals surface area contributed by atoms with Gasteiger partial charge in [-0.15, -0.1) is 0 Å². The van der Waals surface area contributed by atoms with Gasteiger partial charge in [0, 0.05) is 0 Å². The largest absolute Gasteiger partial charge is 0.481 e. The Morgan fingerprint density at radius 1 is 1.88 bits per heavy atom. The molecule has 1 aromatic heterocycles. The smallest absolute Gasteiger partial charge is 0.211 e. The van der Waals surface area contributed by atoms with Crippen LogP contribution in [-0.4, -0.2) is 17.1 Å². The molecule has 0 bridgehead atoms. The van der Waals surface area contributed by atoms with E-state index in [1.807, 2.05) is 0 Å². The van der Waals surface area contributed by atoms with E-state index in [-0.39, 0.29) is 0 Å². The number of rotatable bonds is 1. The second-order valence-corrected chi connectivity index (χ2v) is 1.60. The van der Waals surface area contributed by atoms with Gasteiger partial charge in [-0.1, -0.05) is 0 Å². The average molecular weight is 133 g/mol. The molecule has 0 aromatic carbocycles. The van der Waals surface area contributed by atoms with Gasteiger partial charge in [0.15, 0.2) is 0 Å². The Balaban J connectivity index is 2.84. The van der Waals surface area contributed by atoms with Gasteiger partial charge in [0.05, 0.1) is 13.3 Å². The molecule has 8 heavy (non-hydrogen) atoms. The van der Waals surface area contributed by atoms with Crippen molar-refractivity contribution in [1.29, 1.82) is 0 Å². The number of hydrogen-bond acceptors (Lipinski definition) is 2. The minimum Gasteiger partial charge on any atom is -0.481 e. The van der Waals surface area contributed by atoms with Crippen LogP contribution in [0.2, 0.25) is 5.28 Å². The molecule has 0 aliphatic rings.